The normalized spacial score (nSPS) is 14.9. The SMILES string of the molecule is CCOc1ccccc1N1CCN(CC(=O)NCc2ccccn2)CC1. The number of hydrogen-bond acceptors (Lipinski definition) is 5. The second-order valence-corrected chi connectivity index (χ2v) is 6.26. The number of pyridine rings is 1. The third-order valence-corrected chi connectivity index (χ3v) is 4.44. The van der Waals surface area contributed by atoms with Crippen molar-refractivity contribution in [2.75, 3.05) is 44.2 Å². The van der Waals surface area contributed by atoms with E-state index in [1.807, 2.05) is 43.3 Å². The maximum absolute atomic E-state index is 12.2. The fourth-order valence-electron chi connectivity index (χ4n) is 3.09. The molecule has 1 fully saturated rings. The highest BCUT2D eigenvalue weighted by atomic mass is 16.5. The molecule has 0 aliphatic carbocycles. The molecular formula is C20H26N4O2. The molecule has 6 heteroatoms. The molecule has 0 spiro atoms. The van der Waals surface area contributed by atoms with Crippen molar-refractivity contribution in [2.24, 2.45) is 0 Å². The average Bonchev–Trinajstić information content (AvgIpc) is 2.69. The average molecular weight is 354 g/mol. The number of carbonyl (C=O) groups excluding carboxylic acids is 1. The van der Waals surface area contributed by atoms with E-state index >= 15 is 0 Å². The van der Waals surface area contributed by atoms with Gasteiger partial charge >= 0.3 is 0 Å². The summed E-state index contributed by atoms with van der Waals surface area (Å²) in [7, 11) is 0. The number of aromatic nitrogens is 1. The molecule has 1 aliphatic rings. The number of carbonyl (C=O) groups is 1. The summed E-state index contributed by atoms with van der Waals surface area (Å²) >= 11 is 0. The molecule has 26 heavy (non-hydrogen) atoms. The zero-order chi connectivity index (χ0) is 18.2. The minimum atomic E-state index is 0.0406. The van der Waals surface area contributed by atoms with Crippen LogP contribution in [0, 0.1) is 0 Å². The van der Waals surface area contributed by atoms with E-state index in [9.17, 15) is 4.79 Å². The van der Waals surface area contributed by atoms with Crippen LogP contribution in [-0.2, 0) is 11.3 Å². The Balaban J connectivity index is 1.46. The third kappa shape index (κ3) is 4.95. The summed E-state index contributed by atoms with van der Waals surface area (Å²) < 4.78 is 5.73. The van der Waals surface area contributed by atoms with Crippen LogP contribution in [0.3, 0.4) is 0 Å². The molecule has 0 saturated carbocycles. The number of ether oxygens (including phenoxy) is 1. The number of piperazine rings is 1. The third-order valence-electron chi connectivity index (χ3n) is 4.44. The van der Waals surface area contributed by atoms with Crippen LogP contribution < -0.4 is 15.0 Å². The van der Waals surface area contributed by atoms with Gasteiger partial charge in [0.2, 0.25) is 5.91 Å². The molecule has 1 aliphatic heterocycles. The Labute approximate surface area is 154 Å². The summed E-state index contributed by atoms with van der Waals surface area (Å²) in [5.74, 6) is 0.968. The van der Waals surface area contributed by atoms with Crippen LogP contribution in [0.25, 0.3) is 0 Å². The van der Waals surface area contributed by atoms with Crippen molar-refractivity contribution in [1.29, 1.82) is 0 Å². The Kier molecular flexibility index (Phi) is 6.44. The lowest BCUT2D eigenvalue weighted by Gasteiger charge is -2.36. The minimum absolute atomic E-state index is 0.0406. The van der Waals surface area contributed by atoms with Gasteiger partial charge in [0.15, 0.2) is 0 Å². The molecule has 3 rings (SSSR count). The van der Waals surface area contributed by atoms with Crippen LogP contribution >= 0.6 is 0 Å². The first-order chi connectivity index (χ1) is 12.8. The van der Waals surface area contributed by atoms with Crippen LogP contribution in [0.2, 0.25) is 0 Å². The first kappa shape index (κ1) is 18.2. The lowest BCUT2D eigenvalue weighted by Crippen LogP contribution is -2.49. The molecule has 2 heterocycles. The maximum atomic E-state index is 12.2. The molecule has 0 unspecified atom stereocenters. The lowest BCUT2D eigenvalue weighted by molar-refractivity contribution is -0.122. The van der Waals surface area contributed by atoms with E-state index in [1.54, 1.807) is 6.20 Å². The van der Waals surface area contributed by atoms with Gasteiger partial charge in [0, 0.05) is 32.4 Å². The van der Waals surface area contributed by atoms with Gasteiger partial charge in [-0.3, -0.25) is 14.7 Å². The largest absolute Gasteiger partial charge is 0.492 e. The lowest BCUT2D eigenvalue weighted by atomic mass is 10.2. The standard InChI is InChI=1S/C20H26N4O2/c1-2-26-19-9-4-3-8-18(19)24-13-11-23(12-14-24)16-20(25)22-15-17-7-5-6-10-21-17/h3-10H,2,11-16H2,1H3,(H,22,25). The zero-order valence-electron chi connectivity index (χ0n) is 15.2. The number of nitrogens with zero attached hydrogens (tertiary/aromatic N) is 3. The van der Waals surface area contributed by atoms with Crippen LogP contribution in [0.1, 0.15) is 12.6 Å². The van der Waals surface area contributed by atoms with Gasteiger partial charge < -0.3 is 15.0 Å². The van der Waals surface area contributed by atoms with Crippen LogP contribution in [0.15, 0.2) is 48.7 Å². The summed E-state index contributed by atoms with van der Waals surface area (Å²) in [6, 6.07) is 13.8. The summed E-state index contributed by atoms with van der Waals surface area (Å²) in [4.78, 5) is 20.9. The number of hydrogen-bond donors (Lipinski definition) is 1. The van der Waals surface area contributed by atoms with Crippen LogP contribution in [0.5, 0.6) is 5.75 Å². The predicted octanol–water partition coefficient (Wildman–Crippen LogP) is 1.92. The Hall–Kier alpha value is -2.60. The quantitative estimate of drug-likeness (QED) is 0.823. The van der Waals surface area contributed by atoms with Gasteiger partial charge in [-0.15, -0.1) is 0 Å². The zero-order valence-corrected chi connectivity index (χ0v) is 15.2. The Morgan fingerprint density at radius 2 is 1.88 bits per heavy atom. The summed E-state index contributed by atoms with van der Waals surface area (Å²) in [6.07, 6.45) is 1.74. The van der Waals surface area contributed by atoms with E-state index in [4.69, 9.17) is 4.74 Å². The molecular weight excluding hydrogens is 328 g/mol. The molecule has 1 aromatic heterocycles. The Morgan fingerprint density at radius 1 is 1.12 bits per heavy atom. The van der Waals surface area contributed by atoms with Gasteiger partial charge in [-0.1, -0.05) is 18.2 Å². The van der Waals surface area contributed by atoms with Crippen molar-refractivity contribution >= 4 is 11.6 Å². The van der Waals surface area contributed by atoms with E-state index in [2.05, 4.69) is 26.2 Å². The molecule has 1 saturated heterocycles. The summed E-state index contributed by atoms with van der Waals surface area (Å²) in [6.45, 7) is 7.05. The smallest absolute Gasteiger partial charge is 0.234 e. The number of nitrogens with one attached hydrogen (secondary N) is 1. The molecule has 0 atom stereocenters. The van der Waals surface area contributed by atoms with E-state index < -0.39 is 0 Å². The highest BCUT2D eigenvalue weighted by molar-refractivity contribution is 5.78. The van der Waals surface area contributed by atoms with Gasteiger partial charge in [-0.05, 0) is 31.2 Å². The molecule has 138 valence electrons. The number of anilines is 1. The Bertz CT molecular complexity index is 700. The molecule has 1 aromatic carbocycles. The molecule has 1 amide bonds. The van der Waals surface area contributed by atoms with E-state index in [-0.39, 0.29) is 5.91 Å². The number of amides is 1. The first-order valence-corrected chi connectivity index (χ1v) is 9.12. The molecule has 2 aromatic rings. The predicted molar refractivity (Wildman–Crippen MR) is 102 cm³/mol. The van der Waals surface area contributed by atoms with Gasteiger partial charge in [0.25, 0.3) is 0 Å². The first-order valence-electron chi connectivity index (χ1n) is 9.12. The van der Waals surface area contributed by atoms with E-state index in [0.717, 1.165) is 43.3 Å². The van der Waals surface area contributed by atoms with Crippen molar-refractivity contribution < 1.29 is 9.53 Å². The number of benzene rings is 1. The monoisotopic (exact) mass is 354 g/mol. The fraction of sp³-hybridized carbons (Fsp3) is 0.400. The number of rotatable bonds is 7. The van der Waals surface area contributed by atoms with Crippen molar-refractivity contribution in [3.63, 3.8) is 0 Å². The van der Waals surface area contributed by atoms with E-state index in [0.29, 0.717) is 19.7 Å². The van der Waals surface area contributed by atoms with Gasteiger partial charge in [0.1, 0.15) is 5.75 Å². The molecule has 0 bridgehead atoms. The number of para-hydroxylation sites is 2. The van der Waals surface area contributed by atoms with Crippen LogP contribution in [-0.4, -0.2) is 55.1 Å². The molecule has 0 radical (unpaired) electrons. The van der Waals surface area contributed by atoms with Crippen molar-refractivity contribution in [3.05, 3.63) is 54.4 Å². The molecule has 6 nitrogen and oxygen atoms in total. The van der Waals surface area contributed by atoms with Crippen molar-refractivity contribution in [3.8, 4) is 5.75 Å². The fourth-order valence-corrected chi connectivity index (χ4v) is 3.09. The highest BCUT2D eigenvalue weighted by Gasteiger charge is 2.21. The topological polar surface area (TPSA) is 57.7 Å². The highest BCUT2D eigenvalue weighted by Crippen LogP contribution is 2.28. The maximum Gasteiger partial charge on any atom is 0.234 e. The second-order valence-electron chi connectivity index (χ2n) is 6.26. The summed E-state index contributed by atoms with van der Waals surface area (Å²) in [5, 5.41) is 2.94. The molecule has 1 N–H and O–H groups in total. The Morgan fingerprint density at radius 3 is 2.62 bits per heavy atom. The minimum Gasteiger partial charge on any atom is -0.492 e. The van der Waals surface area contributed by atoms with E-state index in [1.165, 1.54) is 0 Å². The van der Waals surface area contributed by atoms with Crippen LogP contribution in [0.4, 0.5) is 5.69 Å². The van der Waals surface area contributed by atoms with Gasteiger partial charge in [-0.2, -0.15) is 0 Å². The van der Waals surface area contributed by atoms with Gasteiger partial charge in [-0.25, -0.2) is 0 Å². The van der Waals surface area contributed by atoms with Crippen molar-refractivity contribution in [2.45, 2.75) is 13.5 Å². The summed E-state index contributed by atoms with van der Waals surface area (Å²) in [5.41, 5.74) is 2.01. The second kappa shape index (κ2) is 9.20. The van der Waals surface area contributed by atoms with Crippen molar-refractivity contribution in [1.82, 2.24) is 15.2 Å². The van der Waals surface area contributed by atoms with Gasteiger partial charge in [0.05, 0.1) is 31.1 Å².